The lowest BCUT2D eigenvalue weighted by atomic mass is 9.84. The molecule has 1 aromatic carbocycles. The number of hydrogen-bond acceptors (Lipinski definition) is 7. The van der Waals surface area contributed by atoms with E-state index in [1.165, 1.54) is 12.1 Å². The molecule has 2 heterocycles. The molecule has 1 aliphatic rings. The Kier molecular flexibility index (Phi) is 4.00. The fourth-order valence-corrected chi connectivity index (χ4v) is 3.69. The first-order valence-corrected chi connectivity index (χ1v) is 8.64. The number of halogens is 1. The largest absolute Gasteiger partial charge is 0.506 e. The van der Waals surface area contributed by atoms with E-state index in [0.717, 1.165) is 0 Å². The number of phenols is 2. The van der Waals surface area contributed by atoms with E-state index in [0.29, 0.717) is 34.9 Å². The van der Waals surface area contributed by atoms with Crippen LogP contribution in [0, 0.1) is 6.92 Å². The number of carbonyl (C=O) groups is 1. The second kappa shape index (κ2) is 6.24. The van der Waals surface area contributed by atoms with Crippen LogP contribution in [0.2, 0.25) is 5.02 Å². The topological polar surface area (TPSA) is 127 Å². The fourth-order valence-electron chi connectivity index (χ4n) is 3.53. The number of fused-ring (bicyclic) bond motifs is 1. The van der Waals surface area contributed by atoms with Crippen molar-refractivity contribution in [3.63, 3.8) is 0 Å². The van der Waals surface area contributed by atoms with Gasteiger partial charge >= 0.3 is 0 Å². The van der Waals surface area contributed by atoms with Gasteiger partial charge in [-0.15, -0.1) is 0 Å². The van der Waals surface area contributed by atoms with E-state index in [2.05, 4.69) is 15.0 Å². The van der Waals surface area contributed by atoms with Gasteiger partial charge in [0, 0.05) is 43.3 Å². The Labute approximate surface area is 159 Å². The summed E-state index contributed by atoms with van der Waals surface area (Å²) in [4.78, 5) is 25.3. The van der Waals surface area contributed by atoms with E-state index in [1.54, 1.807) is 23.9 Å². The fraction of sp³-hybridized carbons (Fsp3) is 0.222. The van der Waals surface area contributed by atoms with E-state index in [9.17, 15) is 15.0 Å². The number of nitrogens with two attached hydrogens (primary N) is 1. The quantitative estimate of drug-likeness (QED) is 0.578. The number of nitrogen functional groups attached to an aromatic ring is 1. The number of aryl methyl sites for hydroxylation is 1. The number of benzene rings is 1. The van der Waals surface area contributed by atoms with E-state index >= 15 is 0 Å². The SMILES string of the molecule is Cc1nc(N)nc2c1C(=O)CC(c1nccn1-c1cc(O)c(Cl)cc1O)C2. The smallest absolute Gasteiger partial charge is 0.220 e. The predicted molar refractivity (Wildman–Crippen MR) is 98.5 cm³/mol. The molecule has 1 unspecified atom stereocenters. The zero-order valence-electron chi connectivity index (χ0n) is 14.3. The molecule has 0 fully saturated rings. The number of carbonyl (C=O) groups excluding carboxylic acids is 1. The summed E-state index contributed by atoms with van der Waals surface area (Å²) in [6.07, 6.45) is 3.92. The Bertz CT molecular complexity index is 1080. The number of hydrogen-bond donors (Lipinski definition) is 3. The van der Waals surface area contributed by atoms with Crippen LogP contribution in [0.1, 0.15) is 39.9 Å². The molecule has 4 rings (SSSR count). The van der Waals surface area contributed by atoms with Crippen molar-refractivity contribution in [2.45, 2.75) is 25.7 Å². The number of Topliss-reactive ketones (excluding diaryl/α,β-unsaturated/α-hetero) is 1. The second-order valence-electron chi connectivity index (χ2n) is 6.47. The van der Waals surface area contributed by atoms with Crippen LogP contribution in [0.5, 0.6) is 11.5 Å². The molecule has 8 nitrogen and oxygen atoms in total. The Balaban J connectivity index is 1.78. The van der Waals surface area contributed by atoms with Crippen LogP contribution in [0.15, 0.2) is 24.5 Å². The summed E-state index contributed by atoms with van der Waals surface area (Å²) < 4.78 is 1.63. The summed E-state index contributed by atoms with van der Waals surface area (Å²) in [6, 6.07) is 2.61. The number of anilines is 1. The highest BCUT2D eigenvalue weighted by atomic mass is 35.5. The molecule has 0 aliphatic heterocycles. The van der Waals surface area contributed by atoms with Crippen molar-refractivity contribution in [3.05, 3.63) is 52.3 Å². The van der Waals surface area contributed by atoms with E-state index < -0.39 is 0 Å². The molecule has 1 atom stereocenters. The maximum absolute atomic E-state index is 12.7. The van der Waals surface area contributed by atoms with Gasteiger partial charge in [-0.2, -0.15) is 0 Å². The average molecular weight is 386 g/mol. The Morgan fingerprint density at radius 2 is 2.00 bits per heavy atom. The summed E-state index contributed by atoms with van der Waals surface area (Å²) in [5.41, 5.74) is 7.75. The average Bonchev–Trinajstić information content (AvgIpc) is 3.06. The molecule has 0 radical (unpaired) electrons. The van der Waals surface area contributed by atoms with E-state index in [4.69, 9.17) is 17.3 Å². The molecule has 2 aromatic heterocycles. The Hall–Kier alpha value is -3.13. The van der Waals surface area contributed by atoms with Crippen LogP contribution in [-0.2, 0) is 6.42 Å². The standard InChI is InChI=1S/C18H16ClN5O3/c1-8-16-11(23-18(20)22-8)4-9(5-15(16)27)17-21-2-3-24(17)12-7-13(25)10(19)6-14(12)26/h2-3,6-7,9,25-26H,4-5H2,1H3,(H2,20,22,23). The van der Waals surface area contributed by atoms with Crippen LogP contribution in [0.25, 0.3) is 5.69 Å². The van der Waals surface area contributed by atoms with Gasteiger partial charge < -0.3 is 15.9 Å². The van der Waals surface area contributed by atoms with Crippen LogP contribution in [0.3, 0.4) is 0 Å². The van der Waals surface area contributed by atoms with Gasteiger partial charge in [-0.25, -0.2) is 15.0 Å². The van der Waals surface area contributed by atoms with Gasteiger partial charge in [0.05, 0.1) is 27.7 Å². The van der Waals surface area contributed by atoms with Crippen LogP contribution >= 0.6 is 11.6 Å². The molecule has 0 saturated heterocycles. The normalized spacial score (nSPS) is 16.4. The third-order valence-corrected chi connectivity index (χ3v) is 4.97. The minimum absolute atomic E-state index is 0.0438. The molecule has 138 valence electrons. The highest BCUT2D eigenvalue weighted by Crippen LogP contribution is 2.37. The third-order valence-electron chi connectivity index (χ3n) is 4.67. The number of phenolic OH excluding ortho intramolecular Hbond substituents is 2. The minimum atomic E-state index is -0.258. The summed E-state index contributed by atoms with van der Waals surface area (Å²) in [5.74, 6) is 0.0962. The summed E-state index contributed by atoms with van der Waals surface area (Å²) in [5, 5.41) is 20.2. The summed E-state index contributed by atoms with van der Waals surface area (Å²) >= 11 is 5.84. The Morgan fingerprint density at radius 3 is 2.78 bits per heavy atom. The molecule has 3 aromatic rings. The molecule has 9 heteroatoms. The summed E-state index contributed by atoms with van der Waals surface area (Å²) in [6.45, 7) is 1.74. The number of aromatic hydroxyl groups is 2. The van der Waals surface area contributed by atoms with Crippen molar-refractivity contribution < 1.29 is 15.0 Å². The maximum atomic E-state index is 12.7. The van der Waals surface area contributed by atoms with Crippen molar-refractivity contribution in [2.24, 2.45) is 0 Å². The van der Waals surface area contributed by atoms with Crippen molar-refractivity contribution >= 4 is 23.3 Å². The molecule has 27 heavy (non-hydrogen) atoms. The van der Waals surface area contributed by atoms with Gasteiger partial charge in [0.1, 0.15) is 17.3 Å². The van der Waals surface area contributed by atoms with Crippen molar-refractivity contribution in [1.82, 2.24) is 19.5 Å². The van der Waals surface area contributed by atoms with Crippen LogP contribution in [-0.4, -0.2) is 35.5 Å². The first-order chi connectivity index (χ1) is 12.8. The van der Waals surface area contributed by atoms with E-state index in [-0.39, 0.29) is 40.6 Å². The lowest BCUT2D eigenvalue weighted by Gasteiger charge is -2.24. The third kappa shape index (κ3) is 2.87. The van der Waals surface area contributed by atoms with Gasteiger partial charge in [-0.3, -0.25) is 9.36 Å². The number of nitrogens with zero attached hydrogens (tertiary/aromatic N) is 4. The number of rotatable bonds is 2. The van der Waals surface area contributed by atoms with Crippen molar-refractivity contribution in [2.75, 3.05) is 5.73 Å². The predicted octanol–water partition coefficient (Wildman–Crippen LogP) is 2.53. The van der Waals surface area contributed by atoms with E-state index in [1.807, 2.05) is 0 Å². The zero-order chi connectivity index (χ0) is 19.3. The van der Waals surface area contributed by atoms with Gasteiger partial charge in [-0.05, 0) is 6.92 Å². The highest BCUT2D eigenvalue weighted by Gasteiger charge is 2.32. The van der Waals surface area contributed by atoms with Gasteiger partial charge in [0.15, 0.2) is 5.78 Å². The van der Waals surface area contributed by atoms with Crippen molar-refractivity contribution in [3.8, 4) is 17.2 Å². The van der Waals surface area contributed by atoms with Crippen LogP contribution in [0.4, 0.5) is 5.95 Å². The highest BCUT2D eigenvalue weighted by molar-refractivity contribution is 6.32. The molecule has 0 spiro atoms. The second-order valence-corrected chi connectivity index (χ2v) is 6.87. The number of aromatic nitrogens is 4. The molecule has 0 bridgehead atoms. The van der Waals surface area contributed by atoms with Crippen LogP contribution < -0.4 is 5.73 Å². The zero-order valence-corrected chi connectivity index (χ0v) is 15.1. The lowest BCUT2D eigenvalue weighted by molar-refractivity contribution is 0.0960. The number of ketones is 1. The number of imidazole rings is 1. The Morgan fingerprint density at radius 1 is 1.22 bits per heavy atom. The van der Waals surface area contributed by atoms with Gasteiger partial charge in [0.2, 0.25) is 5.95 Å². The molecular weight excluding hydrogens is 370 g/mol. The molecule has 4 N–H and O–H groups in total. The maximum Gasteiger partial charge on any atom is 0.220 e. The lowest BCUT2D eigenvalue weighted by Crippen LogP contribution is -2.24. The molecule has 0 saturated carbocycles. The molecular formula is C18H16ClN5O3. The molecule has 1 aliphatic carbocycles. The monoisotopic (exact) mass is 385 g/mol. The first-order valence-electron chi connectivity index (χ1n) is 8.26. The minimum Gasteiger partial charge on any atom is -0.506 e. The summed E-state index contributed by atoms with van der Waals surface area (Å²) in [7, 11) is 0. The van der Waals surface area contributed by atoms with Crippen molar-refractivity contribution in [1.29, 1.82) is 0 Å². The molecule has 0 amide bonds. The van der Waals surface area contributed by atoms with Gasteiger partial charge in [0.25, 0.3) is 0 Å². The first kappa shape index (κ1) is 17.3. The van der Waals surface area contributed by atoms with Gasteiger partial charge in [-0.1, -0.05) is 11.6 Å².